The molecule has 0 saturated heterocycles. The Kier molecular flexibility index (Phi) is 11.1. The smallest absolute Gasteiger partial charge is 0.191 e. The lowest BCUT2D eigenvalue weighted by Gasteiger charge is -2.22. The van der Waals surface area contributed by atoms with Crippen LogP contribution in [0.5, 0.6) is 0 Å². The van der Waals surface area contributed by atoms with Crippen molar-refractivity contribution in [2.75, 3.05) is 31.6 Å². The van der Waals surface area contributed by atoms with Crippen LogP contribution >= 0.6 is 35.3 Å². The Hall–Kier alpha value is -0.420. The first-order valence-electron chi connectivity index (χ1n) is 8.22. The Bertz CT molecular complexity index is 642. The van der Waals surface area contributed by atoms with E-state index in [1.54, 1.807) is 11.3 Å². The second-order valence-electron chi connectivity index (χ2n) is 6.77. The molecule has 1 rings (SSSR count). The molecule has 146 valence electrons. The molecular weight excluding hydrogens is 471 g/mol. The standard InChI is InChI=1S/C16H30N4O2S2.HI/c1-6-17-15(18-9-7-14-11-23-13(2)20-14)19-12-16(3,4)8-10-24(5,21)22;/h11H,6-10,12H2,1-5H3,(H2,17,18,19);1H. The number of halogens is 1. The maximum atomic E-state index is 11.3. The summed E-state index contributed by atoms with van der Waals surface area (Å²) in [7, 11) is -2.93. The lowest BCUT2D eigenvalue weighted by Crippen LogP contribution is -2.39. The maximum Gasteiger partial charge on any atom is 0.191 e. The summed E-state index contributed by atoms with van der Waals surface area (Å²) in [6.07, 6.45) is 2.73. The lowest BCUT2D eigenvalue weighted by atomic mass is 9.90. The van der Waals surface area contributed by atoms with Crippen molar-refractivity contribution in [1.82, 2.24) is 15.6 Å². The van der Waals surface area contributed by atoms with Crippen molar-refractivity contribution in [3.63, 3.8) is 0 Å². The molecule has 0 aromatic carbocycles. The predicted molar refractivity (Wildman–Crippen MR) is 118 cm³/mol. The van der Waals surface area contributed by atoms with E-state index in [1.165, 1.54) is 6.26 Å². The van der Waals surface area contributed by atoms with Gasteiger partial charge in [-0.15, -0.1) is 35.3 Å². The van der Waals surface area contributed by atoms with Gasteiger partial charge in [-0.2, -0.15) is 0 Å². The van der Waals surface area contributed by atoms with Crippen molar-refractivity contribution < 1.29 is 8.42 Å². The third-order valence-corrected chi connectivity index (χ3v) is 5.27. The van der Waals surface area contributed by atoms with E-state index < -0.39 is 9.84 Å². The summed E-state index contributed by atoms with van der Waals surface area (Å²) in [4.78, 5) is 9.05. The second-order valence-corrected chi connectivity index (χ2v) is 10.1. The monoisotopic (exact) mass is 502 g/mol. The van der Waals surface area contributed by atoms with E-state index >= 15 is 0 Å². The van der Waals surface area contributed by atoms with Crippen LogP contribution in [0.25, 0.3) is 0 Å². The molecule has 1 heterocycles. The third kappa shape index (κ3) is 11.7. The maximum absolute atomic E-state index is 11.3. The van der Waals surface area contributed by atoms with Gasteiger partial charge in [-0.25, -0.2) is 13.4 Å². The van der Waals surface area contributed by atoms with Crippen molar-refractivity contribution >= 4 is 51.1 Å². The van der Waals surface area contributed by atoms with Gasteiger partial charge in [-0.1, -0.05) is 13.8 Å². The lowest BCUT2D eigenvalue weighted by molar-refractivity contribution is 0.365. The van der Waals surface area contributed by atoms with Gasteiger partial charge in [0, 0.05) is 37.7 Å². The summed E-state index contributed by atoms with van der Waals surface area (Å²) in [5.74, 6) is 0.958. The highest BCUT2D eigenvalue weighted by Crippen LogP contribution is 2.21. The zero-order valence-corrected chi connectivity index (χ0v) is 19.7. The fourth-order valence-electron chi connectivity index (χ4n) is 2.01. The summed E-state index contributed by atoms with van der Waals surface area (Å²) in [6, 6.07) is 0. The zero-order valence-electron chi connectivity index (χ0n) is 15.8. The highest BCUT2D eigenvalue weighted by molar-refractivity contribution is 14.0. The summed E-state index contributed by atoms with van der Waals surface area (Å²) >= 11 is 1.66. The van der Waals surface area contributed by atoms with Crippen molar-refractivity contribution in [2.45, 2.75) is 40.5 Å². The highest BCUT2D eigenvalue weighted by atomic mass is 127. The molecule has 0 atom stereocenters. The third-order valence-electron chi connectivity index (χ3n) is 3.50. The van der Waals surface area contributed by atoms with Gasteiger partial charge in [-0.3, -0.25) is 4.99 Å². The van der Waals surface area contributed by atoms with Crippen LogP contribution in [0.15, 0.2) is 10.4 Å². The minimum Gasteiger partial charge on any atom is -0.357 e. The molecule has 0 amide bonds. The fourth-order valence-corrected chi connectivity index (χ4v) is 3.58. The van der Waals surface area contributed by atoms with Crippen LogP contribution < -0.4 is 10.6 Å². The molecule has 0 unspecified atom stereocenters. The molecule has 9 heteroatoms. The molecule has 0 radical (unpaired) electrons. The van der Waals surface area contributed by atoms with Crippen molar-refractivity contribution in [3.05, 3.63) is 16.1 Å². The van der Waals surface area contributed by atoms with Gasteiger partial charge in [0.2, 0.25) is 0 Å². The molecule has 0 fully saturated rings. The van der Waals surface area contributed by atoms with Gasteiger partial charge in [-0.05, 0) is 25.7 Å². The van der Waals surface area contributed by atoms with E-state index in [-0.39, 0.29) is 35.1 Å². The first-order chi connectivity index (χ1) is 11.1. The Balaban J connectivity index is 0.00000576. The van der Waals surface area contributed by atoms with Gasteiger partial charge in [0.15, 0.2) is 5.96 Å². The van der Waals surface area contributed by atoms with Gasteiger partial charge in [0.25, 0.3) is 0 Å². The van der Waals surface area contributed by atoms with Gasteiger partial charge < -0.3 is 10.6 Å². The fraction of sp³-hybridized carbons (Fsp3) is 0.750. The average Bonchev–Trinajstić information content (AvgIpc) is 2.88. The van der Waals surface area contributed by atoms with Crippen LogP contribution in [-0.4, -0.2) is 51.0 Å². The van der Waals surface area contributed by atoms with E-state index in [2.05, 4.69) is 26.0 Å². The number of aromatic nitrogens is 1. The number of aliphatic imine (C=N–C) groups is 1. The highest BCUT2D eigenvalue weighted by Gasteiger charge is 2.20. The van der Waals surface area contributed by atoms with Crippen molar-refractivity contribution in [2.24, 2.45) is 10.4 Å². The molecule has 25 heavy (non-hydrogen) atoms. The minimum atomic E-state index is -2.93. The van der Waals surface area contributed by atoms with Gasteiger partial charge in [0.1, 0.15) is 9.84 Å². The summed E-state index contributed by atoms with van der Waals surface area (Å²) in [6.45, 7) is 10.2. The number of nitrogens with zero attached hydrogens (tertiary/aromatic N) is 2. The molecule has 0 aliphatic carbocycles. The molecular formula is C16H31IN4O2S2. The van der Waals surface area contributed by atoms with Gasteiger partial charge >= 0.3 is 0 Å². The number of nitrogens with one attached hydrogen (secondary N) is 2. The molecule has 0 saturated carbocycles. The van der Waals surface area contributed by atoms with E-state index in [0.29, 0.717) is 13.0 Å². The van der Waals surface area contributed by atoms with Crippen LogP contribution in [0, 0.1) is 12.3 Å². The van der Waals surface area contributed by atoms with E-state index in [9.17, 15) is 8.42 Å². The van der Waals surface area contributed by atoms with E-state index in [4.69, 9.17) is 0 Å². The molecule has 1 aromatic rings. The number of rotatable bonds is 9. The van der Waals surface area contributed by atoms with E-state index in [0.717, 1.165) is 36.2 Å². The zero-order chi connectivity index (χ0) is 18.2. The number of hydrogen-bond donors (Lipinski definition) is 2. The molecule has 0 aliphatic heterocycles. The number of hydrogen-bond acceptors (Lipinski definition) is 5. The summed E-state index contributed by atoms with van der Waals surface area (Å²) in [5.41, 5.74) is 0.937. The largest absolute Gasteiger partial charge is 0.357 e. The van der Waals surface area contributed by atoms with Crippen molar-refractivity contribution in [1.29, 1.82) is 0 Å². The molecule has 0 aliphatic rings. The summed E-state index contributed by atoms with van der Waals surface area (Å²) in [5, 5.41) is 9.69. The Morgan fingerprint density at radius 3 is 2.56 bits per heavy atom. The SMILES string of the molecule is CCNC(=NCC(C)(C)CCS(C)(=O)=O)NCCc1csc(C)n1.I. The minimum absolute atomic E-state index is 0. The van der Waals surface area contributed by atoms with Crippen LogP contribution in [0.2, 0.25) is 0 Å². The van der Waals surface area contributed by atoms with Crippen LogP contribution in [0.3, 0.4) is 0 Å². The Morgan fingerprint density at radius 2 is 2.04 bits per heavy atom. The first kappa shape index (κ1) is 24.6. The van der Waals surface area contributed by atoms with Crippen LogP contribution in [0.1, 0.15) is 37.9 Å². The first-order valence-corrected chi connectivity index (χ1v) is 11.2. The molecule has 0 bridgehead atoms. The number of guanidine groups is 1. The molecule has 6 nitrogen and oxygen atoms in total. The molecule has 1 aromatic heterocycles. The molecule has 0 spiro atoms. The number of aryl methyl sites for hydroxylation is 1. The molecule has 2 N–H and O–H groups in total. The van der Waals surface area contributed by atoms with Crippen molar-refractivity contribution in [3.8, 4) is 0 Å². The Morgan fingerprint density at radius 1 is 1.36 bits per heavy atom. The van der Waals surface area contributed by atoms with Crippen LogP contribution in [0.4, 0.5) is 0 Å². The number of sulfone groups is 1. The van der Waals surface area contributed by atoms with E-state index in [1.807, 2.05) is 27.7 Å². The second kappa shape index (κ2) is 11.3. The quantitative estimate of drug-likeness (QED) is 0.308. The number of thiazole rings is 1. The predicted octanol–water partition coefficient (Wildman–Crippen LogP) is 2.63. The normalized spacial score (nSPS) is 12.6. The van der Waals surface area contributed by atoms with Gasteiger partial charge in [0.05, 0.1) is 16.5 Å². The summed E-state index contributed by atoms with van der Waals surface area (Å²) < 4.78 is 22.7. The average molecular weight is 502 g/mol. The topological polar surface area (TPSA) is 83.5 Å². The van der Waals surface area contributed by atoms with Crippen LogP contribution in [-0.2, 0) is 16.3 Å². The Labute approximate surface area is 173 Å².